The van der Waals surface area contributed by atoms with Crippen LogP contribution in [0, 0.1) is 0 Å². The molecule has 0 bridgehead atoms. The summed E-state index contributed by atoms with van der Waals surface area (Å²) in [4.78, 5) is 11.5. The molecule has 0 aromatic heterocycles. The molecule has 0 heterocycles. The molecule has 1 saturated carbocycles. The second-order valence-corrected chi connectivity index (χ2v) is 8.77. The quantitative estimate of drug-likeness (QED) is 0.819. The van der Waals surface area contributed by atoms with Crippen LogP contribution in [-0.4, -0.2) is 20.2 Å². The Kier molecular flexibility index (Phi) is 5.89. The van der Waals surface area contributed by atoms with Crippen LogP contribution < -0.4 is 4.72 Å². The largest absolute Gasteiger partial charge is 0.300 e. The molecule has 5 heteroatoms. The van der Waals surface area contributed by atoms with E-state index in [2.05, 4.69) is 4.72 Å². The van der Waals surface area contributed by atoms with E-state index in [0.717, 1.165) is 42.4 Å². The number of ketones is 1. The number of Topliss-reactive ketones (excluding diaryl/α,β-unsaturated/α-hetero) is 1. The molecule has 0 aliphatic heterocycles. The fraction of sp³-hybridized carbons (Fsp3) is 0.381. The van der Waals surface area contributed by atoms with Gasteiger partial charge in [0.15, 0.2) is 0 Å². The van der Waals surface area contributed by atoms with E-state index in [4.69, 9.17) is 0 Å². The molecule has 26 heavy (non-hydrogen) atoms. The first-order valence-electron chi connectivity index (χ1n) is 9.15. The average molecular weight is 374 g/mol. The molecule has 0 unspecified atom stereocenters. The molecule has 2 aromatic rings. The predicted molar refractivity (Wildman–Crippen MR) is 106 cm³/mol. The van der Waals surface area contributed by atoms with E-state index in [1.165, 1.54) is 6.42 Å². The third kappa shape index (κ3) is 4.80. The van der Waals surface area contributed by atoms with Crippen molar-refractivity contribution in [1.29, 1.82) is 0 Å². The summed E-state index contributed by atoms with van der Waals surface area (Å²) in [7, 11) is -3.47. The summed E-state index contributed by atoms with van der Waals surface area (Å²) in [6.07, 6.45) is 5.65. The van der Waals surface area contributed by atoms with E-state index >= 15 is 0 Å². The molecule has 1 N–H and O–H groups in total. The molecule has 4 nitrogen and oxygen atoms in total. The number of benzene rings is 2. The first kappa shape index (κ1) is 18.8. The Balaban J connectivity index is 0.00000261. The zero-order valence-electron chi connectivity index (χ0n) is 15.1. The molecule has 0 radical (unpaired) electrons. The molecule has 0 amide bonds. The van der Waals surface area contributed by atoms with Gasteiger partial charge in [0, 0.05) is 13.9 Å². The molecule has 1 aliphatic rings. The molecule has 140 valence electrons. The van der Waals surface area contributed by atoms with Gasteiger partial charge in [-0.15, -0.1) is 0 Å². The molecule has 3 rings (SSSR count). The van der Waals surface area contributed by atoms with Crippen molar-refractivity contribution in [3.63, 3.8) is 0 Å². The zero-order valence-corrected chi connectivity index (χ0v) is 15.9. The highest BCUT2D eigenvalue weighted by atomic mass is 32.2. The Morgan fingerprint density at radius 1 is 0.962 bits per heavy atom. The van der Waals surface area contributed by atoms with Gasteiger partial charge in [-0.05, 0) is 48.6 Å². The minimum absolute atomic E-state index is 0. The van der Waals surface area contributed by atoms with E-state index < -0.39 is 10.0 Å². The van der Waals surface area contributed by atoms with Crippen LogP contribution in [-0.2, 0) is 21.2 Å². The number of carbonyl (C=O) groups excluding carboxylic acids is 1. The topological polar surface area (TPSA) is 63.2 Å². The van der Waals surface area contributed by atoms with Gasteiger partial charge in [-0.2, -0.15) is 0 Å². The minimum Gasteiger partial charge on any atom is -0.300 e. The molecular weight excluding hydrogens is 346 g/mol. The van der Waals surface area contributed by atoms with Gasteiger partial charge in [0.2, 0.25) is 10.0 Å². The summed E-state index contributed by atoms with van der Waals surface area (Å²) in [5, 5.41) is 0. The fourth-order valence-corrected chi connectivity index (χ4v) is 4.74. The third-order valence-electron chi connectivity index (χ3n) is 4.83. The SMILES string of the molecule is CC(=O)Cc1ccc(-c2ccc(S(=O)(=O)NC3CCCCC3)cc2)cc1.[HH]. The molecular formula is C21H27NO3S. The summed E-state index contributed by atoms with van der Waals surface area (Å²) in [6.45, 7) is 1.58. The first-order chi connectivity index (χ1) is 12.4. The van der Waals surface area contributed by atoms with Crippen molar-refractivity contribution in [2.45, 2.75) is 56.4 Å². The summed E-state index contributed by atoms with van der Waals surface area (Å²) in [6, 6.07) is 14.8. The van der Waals surface area contributed by atoms with Crippen molar-refractivity contribution in [3.8, 4) is 11.1 Å². The lowest BCUT2D eigenvalue weighted by atomic mass is 9.96. The molecule has 2 aromatic carbocycles. The number of hydrogen-bond donors (Lipinski definition) is 1. The van der Waals surface area contributed by atoms with Crippen molar-refractivity contribution >= 4 is 15.8 Å². The van der Waals surface area contributed by atoms with Gasteiger partial charge in [-0.1, -0.05) is 55.7 Å². The highest BCUT2D eigenvalue weighted by Crippen LogP contribution is 2.24. The van der Waals surface area contributed by atoms with Crippen molar-refractivity contribution in [3.05, 3.63) is 54.1 Å². The van der Waals surface area contributed by atoms with Crippen LogP contribution in [0.15, 0.2) is 53.4 Å². The maximum atomic E-state index is 12.6. The Bertz CT molecular complexity index is 855. The lowest BCUT2D eigenvalue weighted by Crippen LogP contribution is -2.36. The van der Waals surface area contributed by atoms with Crippen LogP contribution in [0.1, 0.15) is 46.0 Å². The summed E-state index contributed by atoms with van der Waals surface area (Å²) in [5.41, 5.74) is 2.94. The maximum absolute atomic E-state index is 12.6. The summed E-state index contributed by atoms with van der Waals surface area (Å²) >= 11 is 0. The van der Waals surface area contributed by atoms with Gasteiger partial charge in [-0.3, -0.25) is 4.79 Å². The normalized spacial score (nSPS) is 15.7. The second kappa shape index (κ2) is 8.14. The van der Waals surface area contributed by atoms with Crippen molar-refractivity contribution in [2.24, 2.45) is 0 Å². The van der Waals surface area contributed by atoms with Gasteiger partial charge in [0.25, 0.3) is 0 Å². The highest BCUT2D eigenvalue weighted by molar-refractivity contribution is 7.89. The first-order valence-corrected chi connectivity index (χ1v) is 10.6. The van der Waals surface area contributed by atoms with Crippen molar-refractivity contribution < 1.29 is 14.6 Å². The van der Waals surface area contributed by atoms with E-state index in [1.807, 2.05) is 36.4 Å². The minimum atomic E-state index is -3.47. The smallest absolute Gasteiger partial charge is 0.240 e. The van der Waals surface area contributed by atoms with Gasteiger partial charge >= 0.3 is 0 Å². The van der Waals surface area contributed by atoms with E-state index in [1.54, 1.807) is 19.1 Å². The molecule has 1 aliphatic carbocycles. The number of carbonyl (C=O) groups is 1. The van der Waals surface area contributed by atoms with E-state index in [-0.39, 0.29) is 13.3 Å². The number of rotatable bonds is 6. The number of sulfonamides is 1. The van der Waals surface area contributed by atoms with Crippen LogP contribution >= 0.6 is 0 Å². The fourth-order valence-electron chi connectivity index (χ4n) is 3.44. The van der Waals surface area contributed by atoms with Crippen molar-refractivity contribution in [1.82, 2.24) is 4.72 Å². The highest BCUT2D eigenvalue weighted by Gasteiger charge is 2.21. The van der Waals surface area contributed by atoms with Gasteiger partial charge in [0.1, 0.15) is 5.78 Å². The standard InChI is InChI=1S/C21H25NO3S.H2/c1-16(23)15-17-7-9-18(10-8-17)19-11-13-21(14-12-19)26(24,25)22-20-5-3-2-4-6-20;/h7-14,20,22H,2-6,15H2,1H3;1H. The maximum Gasteiger partial charge on any atom is 0.240 e. The monoisotopic (exact) mass is 373 g/mol. The van der Waals surface area contributed by atoms with Crippen LogP contribution in [0.4, 0.5) is 0 Å². The molecule has 0 atom stereocenters. The van der Waals surface area contributed by atoms with E-state index in [9.17, 15) is 13.2 Å². The van der Waals surface area contributed by atoms with Crippen LogP contribution in [0.2, 0.25) is 0 Å². The predicted octanol–water partition coefficient (Wildman–Crippen LogP) is 4.34. The van der Waals surface area contributed by atoms with Gasteiger partial charge in [0.05, 0.1) is 4.90 Å². The number of nitrogens with one attached hydrogen (secondary N) is 1. The van der Waals surface area contributed by atoms with E-state index in [0.29, 0.717) is 11.3 Å². The second-order valence-electron chi connectivity index (χ2n) is 7.06. The third-order valence-corrected chi connectivity index (χ3v) is 6.37. The van der Waals surface area contributed by atoms with Crippen LogP contribution in [0.25, 0.3) is 11.1 Å². The molecule has 0 spiro atoms. The summed E-state index contributed by atoms with van der Waals surface area (Å²) < 4.78 is 27.9. The van der Waals surface area contributed by atoms with Crippen LogP contribution in [0.5, 0.6) is 0 Å². The Hall–Kier alpha value is -1.98. The molecule has 1 fully saturated rings. The lowest BCUT2D eigenvalue weighted by molar-refractivity contribution is -0.116. The van der Waals surface area contributed by atoms with Crippen LogP contribution in [0.3, 0.4) is 0 Å². The lowest BCUT2D eigenvalue weighted by Gasteiger charge is -2.22. The van der Waals surface area contributed by atoms with Gasteiger partial charge in [-0.25, -0.2) is 13.1 Å². The Labute approximate surface area is 157 Å². The molecule has 0 saturated heterocycles. The summed E-state index contributed by atoms with van der Waals surface area (Å²) in [5.74, 6) is 0.137. The van der Waals surface area contributed by atoms with Crippen molar-refractivity contribution in [2.75, 3.05) is 0 Å². The van der Waals surface area contributed by atoms with Gasteiger partial charge < -0.3 is 0 Å². The average Bonchev–Trinajstić information content (AvgIpc) is 2.62. The zero-order chi connectivity index (χ0) is 18.6. The Morgan fingerprint density at radius 2 is 1.50 bits per heavy atom. The Morgan fingerprint density at radius 3 is 2.04 bits per heavy atom. The number of hydrogen-bond acceptors (Lipinski definition) is 3.